The maximum absolute atomic E-state index is 12.2. The first-order valence-corrected chi connectivity index (χ1v) is 7.77. The van der Waals surface area contributed by atoms with Crippen LogP contribution in [0.2, 0.25) is 0 Å². The lowest BCUT2D eigenvalue weighted by Gasteiger charge is -2.12. The predicted molar refractivity (Wildman–Crippen MR) is 94.2 cm³/mol. The maximum Gasteiger partial charge on any atom is 0.266 e. The average molecular weight is 339 g/mol. The van der Waals surface area contributed by atoms with Gasteiger partial charge in [0.2, 0.25) is 12.2 Å². The first kappa shape index (κ1) is 16.5. The summed E-state index contributed by atoms with van der Waals surface area (Å²) in [4.78, 5) is 23.5. The van der Waals surface area contributed by atoms with Gasteiger partial charge in [-0.3, -0.25) is 9.59 Å². The molecular weight excluding hydrogens is 320 g/mol. The molecule has 2 amide bonds. The van der Waals surface area contributed by atoms with Gasteiger partial charge in [-0.05, 0) is 18.2 Å². The van der Waals surface area contributed by atoms with Gasteiger partial charge in [0.1, 0.15) is 18.1 Å². The molecule has 0 aliphatic carbocycles. The number of nitrogens with zero attached hydrogens (tertiary/aromatic N) is 2. The molecule has 3 aromatic rings. The molecule has 0 unspecified atom stereocenters. The van der Waals surface area contributed by atoms with E-state index < -0.39 is 0 Å². The Hall–Kier alpha value is -3.35. The van der Waals surface area contributed by atoms with Crippen LogP contribution in [0.1, 0.15) is 6.92 Å². The first-order valence-electron chi connectivity index (χ1n) is 7.77. The molecule has 1 aromatic heterocycles. The van der Waals surface area contributed by atoms with Crippen molar-refractivity contribution in [3.8, 4) is 5.75 Å². The molecule has 0 atom stereocenters. The highest BCUT2D eigenvalue weighted by atomic mass is 16.3. The van der Waals surface area contributed by atoms with Crippen molar-refractivity contribution in [2.24, 2.45) is 7.05 Å². The Bertz CT molecular complexity index is 962. The van der Waals surface area contributed by atoms with Crippen molar-refractivity contribution in [2.75, 3.05) is 10.6 Å². The minimum Gasteiger partial charge on any atom is -0.505 e. The number of hydrogen-bond donors (Lipinski definition) is 3. The number of hydrogen-bond acceptors (Lipinski definition) is 3. The smallest absolute Gasteiger partial charge is 0.266 e. The SMILES string of the molecule is CC(=O)Nc1cccc2c(O)c(NC(=O)Cn3cc[n+](C)c3)ccc12. The molecule has 2 aromatic carbocycles. The van der Waals surface area contributed by atoms with Gasteiger partial charge in [0.25, 0.3) is 5.91 Å². The van der Waals surface area contributed by atoms with Crippen LogP contribution in [0, 0.1) is 0 Å². The predicted octanol–water partition coefficient (Wildman–Crippen LogP) is 1.77. The number of anilines is 2. The summed E-state index contributed by atoms with van der Waals surface area (Å²) in [6.07, 6.45) is 5.42. The van der Waals surface area contributed by atoms with Gasteiger partial charge in [-0.15, -0.1) is 0 Å². The summed E-state index contributed by atoms with van der Waals surface area (Å²) in [5, 5.41) is 17.2. The highest BCUT2D eigenvalue weighted by molar-refractivity contribution is 6.06. The number of rotatable bonds is 4. The van der Waals surface area contributed by atoms with E-state index in [1.807, 2.05) is 17.8 Å². The maximum atomic E-state index is 12.2. The van der Waals surface area contributed by atoms with E-state index in [9.17, 15) is 14.7 Å². The highest BCUT2D eigenvalue weighted by Gasteiger charge is 2.14. The summed E-state index contributed by atoms with van der Waals surface area (Å²) >= 11 is 0. The summed E-state index contributed by atoms with van der Waals surface area (Å²) in [6.45, 7) is 1.57. The van der Waals surface area contributed by atoms with Crippen molar-refractivity contribution < 1.29 is 19.3 Å². The Morgan fingerprint density at radius 3 is 2.60 bits per heavy atom. The van der Waals surface area contributed by atoms with Crippen LogP contribution < -0.4 is 15.2 Å². The summed E-state index contributed by atoms with van der Waals surface area (Å²) in [5.74, 6) is -0.468. The third-order valence-electron chi connectivity index (χ3n) is 3.77. The quantitative estimate of drug-likeness (QED) is 0.500. The molecule has 7 nitrogen and oxygen atoms in total. The van der Waals surface area contributed by atoms with Crippen molar-refractivity contribution in [1.29, 1.82) is 0 Å². The Balaban J connectivity index is 1.86. The van der Waals surface area contributed by atoms with Crippen LogP contribution >= 0.6 is 0 Å². The summed E-state index contributed by atoms with van der Waals surface area (Å²) in [6, 6.07) is 8.60. The molecule has 128 valence electrons. The first-order chi connectivity index (χ1) is 11.9. The number of carbonyl (C=O) groups excluding carboxylic acids is 2. The second kappa shape index (κ2) is 6.64. The highest BCUT2D eigenvalue weighted by Crippen LogP contribution is 2.36. The van der Waals surface area contributed by atoms with Crippen LogP contribution in [0.3, 0.4) is 0 Å². The van der Waals surface area contributed by atoms with Crippen molar-refractivity contribution in [2.45, 2.75) is 13.5 Å². The number of fused-ring (bicyclic) bond motifs is 1. The number of imidazole rings is 1. The van der Waals surface area contributed by atoms with E-state index in [1.54, 1.807) is 47.4 Å². The number of nitrogens with one attached hydrogen (secondary N) is 2. The number of carbonyl (C=O) groups is 2. The van der Waals surface area contributed by atoms with E-state index in [4.69, 9.17) is 0 Å². The second-order valence-corrected chi connectivity index (χ2v) is 5.84. The van der Waals surface area contributed by atoms with Gasteiger partial charge >= 0.3 is 0 Å². The second-order valence-electron chi connectivity index (χ2n) is 5.84. The molecular formula is C18H19N4O3+. The standard InChI is InChI=1S/C18H18N4O3/c1-12(23)19-15-5-3-4-14-13(15)6-7-16(18(14)25)20-17(24)10-22-9-8-21(2)11-22/h3-9,11H,10H2,1-2H3,(H2-,19,20,23,24,25)/p+1. The van der Waals surface area contributed by atoms with Crippen molar-refractivity contribution in [1.82, 2.24) is 4.57 Å². The lowest BCUT2D eigenvalue weighted by molar-refractivity contribution is -0.671. The number of amides is 2. The van der Waals surface area contributed by atoms with Gasteiger partial charge in [0.15, 0.2) is 6.54 Å². The van der Waals surface area contributed by atoms with E-state index in [1.165, 1.54) is 6.92 Å². The van der Waals surface area contributed by atoms with E-state index in [-0.39, 0.29) is 24.1 Å². The fourth-order valence-corrected chi connectivity index (χ4v) is 2.69. The number of benzene rings is 2. The zero-order valence-electron chi connectivity index (χ0n) is 14.0. The zero-order valence-corrected chi connectivity index (χ0v) is 14.0. The number of phenols is 1. The molecule has 0 fully saturated rings. The molecule has 3 rings (SSSR count). The Morgan fingerprint density at radius 1 is 1.12 bits per heavy atom. The number of aromatic nitrogens is 2. The molecule has 25 heavy (non-hydrogen) atoms. The number of phenolic OH excluding ortho intramolecular Hbond substituents is 1. The third-order valence-corrected chi connectivity index (χ3v) is 3.77. The molecule has 0 aliphatic heterocycles. The Labute approximate surface area is 144 Å². The topological polar surface area (TPSA) is 87.2 Å². The van der Waals surface area contributed by atoms with Gasteiger partial charge in [0.05, 0.1) is 12.7 Å². The van der Waals surface area contributed by atoms with E-state index in [0.717, 1.165) is 0 Å². The summed E-state index contributed by atoms with van der Waals surface area (Å²) in [7, 11) is 1.87. The van der Waals surface area contributed by atoms with Crippen LogP contribution in [-0.2, 0) is 23.2 Å². The molecule has 3 N–H and O–H groups in total. The van der Waals surface area contributed by atoms with Crippen LogP contribution in [0.5, 0.6) is 5.75 Å². The number of aromatic hydroxyl groups is 1. The molecule has 7 heteroatoms. The molecule has 0 radical (unpaired) electrons. The van der Waals surface area contributed by atoms with Gasteiger partial charge in [-0.1, -0.05) is 12.1 Å². The van der Waals surface area contributed by atoms with E-state index >= 15 is 0 Å². The van der Waals surface area contributed by atoms with E-state index in [2.05, 4.69) is 10.6 Å². The van der Waals surface area contributed by atoms with Crippen molar-refractivity contribution in [3.63, 3.8) is 0 Å². The van der Waals surface area contributed by atoms with Crippen LogP contribution in [0.25, 0.3) is 10.8 Å². The van der Waals surface area contributed by atoms with Crippen molar-refractivity contribution >= 4 is 34.0 Å². The van der Waals surface area contributed by atoms with Crippen LogP contribution in [0.4, 0.5) is 11.4 Å². The summed E-state index contributed by atoms with van der Waals surface area (Å²) in [5.41, 5.74) is 0.937. The molecule has 0 spiro atoms. The third kappa shape index (κ3) is 3.60. The molecule has 1 heterocycles. The van der Waals surface area contributed by atoms with Gasteiger partial charge in [-0.25, -0.2) is 9.13 Å². The minimum absolute atomic E-state index is 0.0314. The minimum atomic E-state index is -0.246. The van der Waals surface area contributed by atoms with Gasteiger partial charge < -0.3 is 15.7 Å². The Kier molecular flexibility index (Phi) is 4.38. The van der Waals surface area contributed by atoms with Gasteiger partial charge in [0, 0.05) is 23.4 Å². The normalized spacial score (nSPS) is 10.6. The lowest BCUT2D eigenvalue weighted by Crippen LogP contribution is -2.25. The average Bonchev–Trinajstić information content (AvgIpc) is 2.95. The molecule has 0 saturated carbocycles. The van der Waals surface area contributed by atoms with E-state index in [0.29, 0.717) is 22.1 Å². The largest absolute Gasteiger partial charge is 0.505 e. The Morgan fingerprint density at radius 2 is 1.92 bits per heavy atom. The van der Waals surface area contributed by atoms with Crippen LogP contribution in [0.15, 0.2) is 49.1 Å². The van der Waals surface area contributed by atoms with Gasteiger partial charge in [-0.2, -0.15) is 0 Å². The van der Waals surface area contributed by atoms with Crippen molar-refractivity contribution in [3.05, 3.63) is 49.1 Å². The number of aryl methyl sites for hydroxylation is 1. The lowest BCUT2D eigenvalue weighted by atomic mass is 10.1. The summed E-state index contributed by atoms with van der Waals surface area (Å²) < 4.78 is 3.58. The fourth-order valence-electron chi connectivity index (χ4n) is 2.69. The molecule has 0 aliphatic rings. The molecule has 0 bridgehead atoms. The monoisotopic (exact) mass is 339 g/mol. The van der Waals surface area contributed by atoms with Crippen LogP contribution in [-0.4, -0.2) is 21.5 Å². The molecule has 0 saturated heterocycles. The fraction of sp³-hybridized carbons (Fsp3) is 0.167. The zero-order chi connectivity index (χ0) is 18.0.